The van der Waals surface area contributed by atoms with Crippen LogP contribution >= 0.6 is 11.8 Å². The van der Waals surface area contributed by atoms with E-state index in [9.17, 15) is 23.4 Å². The molecular formula is C15H20F3NO2S. The summed E-state index contributed by atoms with van der Waals surface area (Å²) >= 11 is 1.20. The molecule has 2 unspecified atom stereocenters. The van der Waals surface area contributed by atoms with Crippen molar-refractivity contribution >= 4 is 11.8 Å². The van der Waals surface area contributed by atoms with Gasteiger partial charge in [0.2, 0.25) is 0 Å². The van der Waals surface area contributed by atoms with Crippen molar-refractivity contribution in [1.82, 2.24) is 4.98 Å². The van der Waals surface area contributed by atoms with E-state index < -0.39 is 23.4 Å². The van der Waals surface area contributed by atoms with E-state index in [0.717, 1.165) is 19.0 Å². The summed E-state index contributed by atoms with van der Waals surface area (Å²) in [6.45, 7) is 3.11. The molecule has 0 aliphatic heterocycles. The van der Waals surface area contributed by atoms with Gasteiger partial charge in [-0.15, -0.1) is 11.8 Å². The number of alkyl halides is 3. The zero-order valence-electron chi connectivity index (χ0n) is 12.5. The number of hydrogen-bond acceptors (Lipinski definition) is 4. The highest BCUT2D eigenvalue weighted by Gasteiger charge is 2.41. The third-order valence-corrected chi connectivity index (χ3v) is 4.99. The average molecular weight is 335 g/mol. The maximum atomic E-state index is 12.6. The smallest absolute Gasteiger partial charge is 0.392 e. The first-order chi connectivity index (χ1) is 10.1. The van der Waals surface area contributed by atoms with Gasteiger partial charge in [0.1, 0.15) is 0 Å². The van der Waals surface area contributed by atoms with Crippen molar-refractivity contribution in [3.05, 3.63) is 23.4 Å². The van der Waals surface area contributed by atoms with Gasteiger partial charge in [-0.2, -0.15) is 13.2 Å². The molecule has 22 heavy (non-hydrogen) atoms. The second-order valence-electron chi connectivity index (χ2n) is 6.14. The number of aliphatic hydroxyl groups excluding tert-OH is 1. The number of hydrogen-bond donors (Lipinski definition) is 2. The van der Waals surface area contributed by atoms with Gasteiger partial charge in [-0.1, -0.05) is 0 Å². The van der Waals surface area contributed by atoms with E-state index in [0.29, 0.717) is 10.8 Å². The molecule has 7 heteroatoms. The molecule has 1 fully saturated rings. The Balaban J connectivity index is 1.90. The molecule has 3 nitrogen and oxygen atoms in total. The molecule has 2 atom stereocenters. The molecule has 2 rings (SSSR count). The first-order valence-electron chi connectivity index (χ1n) is 7.16. The molecule has 0 bridgehead atoms. The number of aromatic nitrogens is 1. The number of thioether (sulfide) groups is 1. The lowest BCUT2D eigenvalue weighted by Crippen LogP contribution is -2.33. The summed E-state index contributed by atoms with van der Waals surface area (Å²) in [4.78, 5) is 3.79. The van der Waals surface area contributed by atoms with Crippen LogP contribution in [0.4, 0.5) is 13.2 Å². The molecule has 1 heterocycles. The summed E-state index contributed by atoms with van der Waals surface area (Å²) in [5, 5.41) is 20.6. The van der Waals surface area contributed by atoms with Gasteiger partial charge in [-0.3, -0.25) is 0 Å². The van der Waals surface area contributed by atoms with E-state index in [-0.39, 0.29) is 17.9 Å². The van der Waals surface area contributed by atoms with Gasteiger partial charge in [0.25, 0.3) is 0 Å². The van der Waals surface area contributed by atoms with Crippen LogP contribution in [0.25, 0.3) is 0 Å². The predicted octanol–water partition coefficient (Wildman–Crippen LogP) is 3.41. The van der Waals surface area contributed by atoms with Crippen LogP contribution in [0.1, 0.15) is 37.3 Å². The van der Waals surface area contributed by atoms with Crippen molar-refractivity contribution < 1.29 is 23.4 Å². The molecule has 0 aromatic carbocycles. The first-order valence-corrected chi connectivity index (χ1v) is 8.15. The highest BCUT2D eigenvalue weighted by Crippen LogP contribution is 2.42. The SMILES string of the molecule is Cc1cc(SCC(O)CC(C)(O)C2CC2)ncc1C(F)(F)F. The molecule has 1 aromatic heterocycles. The second-order valence-corrected chi connectivity index (χ2v) is 7.18. The molecule has 2 N–H and O–H groups in total. The Hall–Kier alpha value is -0.790. The Bertz CT molecular complexity index is 530. The van der Waals surface area contributed by atoms with E-state index in [2.05, 4.69) is 4.98 Å². The summed E-state index contributed by atoms with van der Waals surface area (Å²) in [6.07, 6.45) is -2.07. The number of nitrogens with zero attached hydrogens (tertiary/aromatic N) is 1. The Morgan fingerprint density at radius 2 is 2.05 bits per heavy atom. The zero-order chi connectivity index (χ0) is 16.5. The molecule has 1 aliphatic carbocycles. The number of pyridine rings is 1. The van der Waals surface area contributed by atoms with Crippen molar-refractivity contribution in [1.29, 1.82) is 0 Å². The number of aliphatic hydroxyl groups is 2. The molecule has 0 radical (unpaired) electrons. The lowest BCUT2D eigenvalue weighted by Gasteiger charge is -2.25. The van der Waals surface area contributed by atoms with E-state index in [1.54, 1.807) is 6.92 Å². The van der Waals surface area contributed by atoms with Crippen molar-refractivity contribution in [2.45, 2.75) is 56.0 Å². The summed E-state index contributed by atoms with van der Waals surface area (Å²) in [5.41, 5.74) is -1.50. The largest absolute Gasteiger partial charge is 0.418 e. The standard InChI is InChI=1S/C15H20F3NO2S/c1-9-5-13(19-7-12(9)15(16,17)18)22-8-11(20)6-14(2,21)10-3-4-10/h5,7,10-11,20-21H,3-4,6,8H2,1-2H3. The molecule has 1 aromatic rings. The van der Waals surface area contributed by atoms with E-state index >= 15 is 0 Å². The molecular weight excluding hydrogens is 315 g/mol. The monoisotopic (exact) mass is 335 g/mol. The van der Waals surface area contributed by atoms with Crippen molar-refractivity contribution in [3.63, 3.8) is 0 Å². The maximum absolute atomic E-state index is 12.6. The van der Waals surface area contributed by atoms with Crippen molar-refractivity contribution in [3.8, 4) is 0 Å². The Kier molecular flexibility index (Phi) is 5.09. The number of rotatable bonds is 6. The highest BCUT2D eigenvalue weighted by atomic mass is 32.2. The Morgan fingerprint density at radius 3 is 2.55 bits per heavy atom. The van der Waals surface area contributed by atoms with Crippen LogP contribution in [0.5, 0.6) is 0 Å². The summed E-state index contributed by atoms with van der Waals surface area (Å²) in [7, 11) is 0. The molecule has 1 saturated carbocycles. The second kappa shape index (κ2) is 6.37. The van der Waals surface area contributed by atoms with Crippen molar-refractivity contribution in [2.75, 3.05) is 5.75 Å². The highest BCUT2D eigenvalue weighted by molar-refractivity contribution is 7.99. The molecule has 124 valence electrons. The summed E-state index contributed by atoms with van der Waals surface area (Å²) < 4.78 is 37.9. The molecule has 0 saturated heterocycles. The van der Waals surface area contributed by atoms with Gasteiger partial charge in [0, 0.05) is 18.4 Å². The topological polar surface area (TPSA) is 53.4 Å². The first kappa shape index (κ1) is 17.6. The van der Waals surface area contributed by atoms with Gasteiger partial charge in [0.15, 0.2) is 0 Å². The van der Waals surface area contributed by atoms with Gasteiger partial charge in [-0.05, 0) is 44.2 Å². The van der Waals surface area contributed by atoms with Crippen LogP contribution in [0.2, 0.25) is 0 Å². The lowest BCUT2D eigenvalue weighted by atomic mass is 9.94. The van der Waals surface area contributed by atoms with Crippen molar-refractivity contribution in [2.24, 2.45) is 5.92 Å². The minimum Gasteiger partial charge on any atom is -0.392 e. The Morgan fingerprint density at radius 1 is 1.41 bits per heavy atom. The van der Waals surface area contributed by atoms with Crippen LogP contribution in [0, 0.1) is 12.8 Å². The summed E-state index contributed by atoms with van der Waals surface area (Å²) in [5.74, 6) is 0.541. The molecule has 0 amide bonds. The molecule has 0 spiro atoms. The summed E-state index contributed by atoms with van der Waals surface area (Å²) in [6, 6.07) is 1.37. The van der Waals surface area contributed by atoms with Crippen LogP contribution in [-0.4, -0.2) is 32.7 Å². The third kappa shape index (κ3) is 4.60. The fourth-order valence-corrected chi connectivity index (χ4v) is 3.36. The predicted molar refractivity (Wildman–Crippen MR) is 78.7 cm³/mol. The van der Waals surface area contributed by atoms with Crippen LogP contribution in [0.3, 0.4) is 0 Å². The Labute approximate surface area is 132 Å². The van der Waals surface area contributed by atoms with E-state index in [1.807, 2.05) is 0 Å². The minimum absolute atomic E-state index is 0.115. The zero-order valence-corrected chi connectivity index (χ0v) is 13.3. The fraction of sp³-hybridized carbons (Fsp3) is 0.667. The quantitative estimate of drug-likeness (QED) is 0.782. The fourth-order valence-electron chi connectivity index (χ4n) is 2.50. The third-order valence-electron chi connectivity index (χ3n) is 3.92. The average Bonchev–Trinajstić information content (AvgIpc) is 3.18. The van der Waals surface area contributed by atoms with Crippen LogP contribution in [-0.2, 0) is 6.18 Å². The van der Waals surface area contributed by atoms with Gasteiger partial charge in [-0.25, -0.2) is 4.98 Å². The van der Waals surface area contributed by atoms with Crippen LogP contribution in [0.15, 0.2) is 17.3 Å². The lowest BCUT2D eigenvalue weighted by molar-refractivity contribution is -0.138. The van der Waals surface area contributed by atoms with E-state index in [4.69, 9.17) is 0 Å². The van der Waals surface area contributed by atoms with Gasteiger partial charge < -0.3 is 10.2 Å². The number of aryl methyl sites for hydroxylation is 1. The molecule has 1 aliphatic rings. The van der Waals surface area contributed by atoms with E-state index in [1.165, 1.54) is 24.8 Å². The number of halogens is 3. The maximum Gasteiger partial charge on any atom is 0.418 e. The van der Waals surface area contributed by atoms with Crippen LogP contribution < -0.4 is 0 Å². The normalized spacial score (nSPS) is 19.8. The van der Waals surface area contributed by atoms with Gasteiger partial charge >= 0.3 is 6.18 Å². The minimum atomic E-state index is -4.40. The van der Waals surface area contributed by atoms with Gasteiger partial charge in [0.05, 0.1) is 22.3 Å².